The van der Waals surface area contributed by atoms with Gasteiger partial charge in [-0.15, -0.1) is 24.0 Å². The second-order valence-electron chi connectivity index (χ2n) is 6.15. The van der Waals surface area contributed by atoms with E-state index in [0.717, 1.165) is 45.1 Å². The molecular weight excluding hydrogens is 447 g/mol. The molecule has 2 fully saturated rings. The lowest BCUT2D eigenvalue weighted by atomic mass is 10.2. The molecular formula is C17H27IN6O2. The van der Waals surface area contributed by atoms with Crippen molar-refractivity contribution in [2.45, 2.75) is 6.42 Å². The molecule has 0 saturated carbocycles. The van der Waals surface area contributed by atoms with E-state index in [0.29, 0.717) is 32.1 Å². The molecule has 9 heteroatoms. The fourth-order valence-corrected chi connectivity index (χ4v) is 3.04. The highest BCUT2D eigenvalue weighted by molar-refractivity contribution is 14.0. The monoisotopic (exact) mass is 474 g/mol. The fourth-order valence-electron chi connectivity index (χ4n) is 3.04. The number of piperazine rings is 1. The second kappa shape index (κ2) is 10.5. The van der Waals surface area contributed by atoms with Gasteiger partial charge >= 0.3 is 0 Å². The van der Waals surface area contributed by atoms with Crippen LogP contribution in [-0.4, -0.2) is 85.7 Å². The molecule has 26 heavy (non-hydrogen) atoms. The molecule has 0 aromatic carbocycles. The molecule has 144 valence electrons. The molecule has 0 radical (unpaired) electrons. The summed E-state index contributed by atoms with van der Waals surface area (Å²) in [4.78, 5) is 27.2. The summed E-state index contributed by atoms with van der Waals surface area (Å²) in [6, 6.07) is 5.89. The highest BCUT2D eigenvalue weighted by Gasteiger charge is 2.21. The van der Waals surface area contributed by atoms with E-state index in [9.17, 15) is 4.79 Å². The third kappa shape index (κ3) is 5.70. The number of hydrogen-bond acceptors (Lipinski definition) is 5. The first-order valence-corrected chi connectivity index (χ1v) is 8.80. The molecule has 2 saturated heterocycles. The number of guanidine groups is 1. The van der Waals surface area contributed by atoms with E-state index in [2.05, 4.69) is 14.9 Å². The Hall–Kier alpha value is -1.62. The highest BCUT2D eigenvalue weighted by Crippen LogP contribution is 2.13. The van der Waals surface area contributed by atoms with E-state index in [1.165, 1.54) is 0 Å². The predicted molar refractivity (Wildman–Crippen MR) is 112 cm³/mol. The average Bonchev–Trinajstić information content (AvgIpc) is 2.69. The summed E-state index contributed by atoms with van der Waals surface area (Å²) in [5.74, 6) is 1.62. The minimum absolute atomic E-state index is 0. The number of carbonyl (C=O) groups is 1. The van der Waals surface area contributed by atoms with E-state index < -0.39 is 0 Å². The van der Waals surface area contributed by atoms with Crippen LogP contribution in [0, 0.1) is 0 Å². The Balaban J connectivity index is 0.00000243. The first kappa shape index (κ1) is 20.7. The first-order valence-electron chi connectivity index (χ1n) is 8.80. The van der Waals surface area contributed by atoms with Crippen molar-refractivity contribution in [1.82, 2.24) is 14.8 Å². The predicted octanol–water partition coefficient (Wildman–Crippen LogP) is 0.385. The largest absolute Gasteiger partial charge is 0.378 e. The average molecular weight is 474 g/mol. The molecule has 0 bridgehead atoms. The Bertz CT molecular complexity index is 586. The number of morpholine rings is 1. The summed E-state index contributed by atoms with van der Waals surface area (Å²) >= 11 is 0. The molecule has 3 rings (SSSR count). The van der Waals surface area contributed by atoms with Crippen molar-refractivity contribution in [1.29, 1.82) is 0 Å². The smallest absolute Gasteiger partial charge is 0.224 e. The standard InChI is InChI=1S/C17H26N6O2.HI/c18-17(23-11-13-25-14-12-23)20-6-4-16(24)22-9-7-21(8-10-22)15-3-1-2-5-19-15;/h1-3,5H,4,6-14H2,(H2,18,20);1H. The van der Waals surface area contributed by atoms with E-state index in [4.69, 9.17) is 10.5 Å². The van der Waals surface area contributed by atoms with Gasteiger partial charge in [-0.2, -0.15) is 0 Å². The molecule has 8 nitrogen and oxygen atoms in total. The molecule has 3 heterocycles. The summed E-state index contributed by atoms with van der Waals surface area (Å²) in [5, 5.41) is 0. The van der Waals surface area contributed by atoms with Crippen molar-refractivity contribution < 1.29 is 9.53 Å². The number of nitrogens with two attached hydrogens (primary N) is 1. The number of pyridine rings is 1. The number of anilines is 1. The lowest BCUT2D eigenvalue weighted by molar-refractivity contribution is -0.131. The zero-order valence-electron chi connectivity index (χ0n) is 14.9. The fraction of sp³-hybridized carbons (Fsp3) is 0.588. The van der Waals surface area contributed by atoms with Crippen molar-refractivity contribution in [2.24, 2.45) is 10.7 Å². The zero-order chi connectivity index (χ0) is 17.5. The van der Waals surface area contributed by atoms with Crippen molar-refractivity contribution in [3.05, 3.63) is 24.4 Å². The maximum absolute atomic E-state index is 12.3. The zero-order valence-corrected chi connectivity index (χ0v) is 17.2. The summed E-state index contributed by atoms with van der Waals surface area (Å²) in [5.41, 5.74) is 5.98. The third-order valence-corrected chi connectivity index (χ3v) is 4.54. The molecule has 1 amide bonds. The number of nitrogens with zero attached hydrogens (tertiary/aromatic N) is 5. The highest BCUT2D eigenvalue weighted by atomic mass is 127. The van der Waals surface area contributed by atoms with Crippen molar-refractivity contribution >= 4 is 41.7 Å². The summed E-state index contributed by atoms with van der Waals surface area (Å²) in [6.07, 6.45) is 2.19. The summed E-state index contributed by atoms with van der Waals surface area (Å²) in [6.45, 7) is 6.37. The van der Waals surface area contributed by atoms with Crippen LogP contribution >= 0.6 is 24.0 Å². The first-order chi connectivity index (χ1) is 12.2. The van der Waals surface area contributed by atoms with Crippen LogP contribution in [0.4, 0.5) is 5.82 Å². The maximum atomic E-state index is 12.3. The number of amides is 1. The van der Waals surface area contributed by atoms with Crippen LogP contribution < -0.4 is 10.6 Å². The van der Waals surface area contributed by atoms with Gasteiger partial charge in [0, 0.05) is 51.9 Å². The SMILES string of the molecule is I.NC(=NCCC(=O)N1CCN(c2ccccn2)CC1)N1CCOCC1. The molecule has 0 atom stereocenters. The molecule has 0 aliphatic carbocycles. The van der Waals surface area contributed by atoms with Crippen LogP contribution in [-0.2, 0) is 9.53 Å². The van der Waals surface area contributed by atoms with E-state index in [1.807, 2.05) is 28.0 Å². The number of hydrogen-bond donors (Lipinski definition) is 1. The van der Waals surface area contributed by atoms with Crippen LogP contribution in [0.25, 0.3) is 0 Å². The van der Waals surface area contributed by atoms with E-state index in [1.54, 1.807) is 6.20 Å². The van der Waals surface area contributed by atoms with Crippen molar-refractivity contribution in [3.8, 4) is 0 Å². The number of halogens is 1. The minimum Gasteiger partial charge on any atom is -0.378 e. The Morgan fingerprint density at radius 2 is 1.85 bits per heavy atom. The van der Waals surface area contributed by atoms with Gasteiger partial charge in [-0.1, -0.05) is 6.07 Å². The van der Waals surface area contributed by atoms with Gasteiger partial charge in [0.15, 0.2) is 5.96 Å². The number of rotatable bonds is 4. The van der Waals surface area contributed by atoms with Crippen LogP contribution in [0.5, 0.6) is 0 Å². The van der Waals surface area contributed by atoms with Crippen molar-refractivity contribution in [3.63, 3.8) is 0 Å². The maximum Gasteiger partial charge on any atom is 0.224 e. The lowest BCUT2D eigenvalue weighted by Crippen LogP contribution is -2.49. The summed E-state index contributed by atoms with van der Waals surface area (Å²) in [7, 11) is 0. The Morgan fingerprint density at radius 3 is 2.50 bits per heavy atom. The van der Waals surface area contributed by atoms with Gasteiger partial charge in [0.2, 0.25) is 5.91 Å². The van der Waals surface area contributed by atoms with E-state index in [-0.39, 0.29) is 29.9 Å². The molecule has 1 aromatic heterocycles. The van der Waals surface area contributed by atoms with Gasteiger partial charge in [-0.3, -0.25) is 9.79 Å². The molecule has 2 aliphatic rings. The molecule has 2 N–H and O–H groups in total. The molecule has 0 spiro atoms. The minimum atomic E-state index is 0. The van der Waals surface area contributed by atoms with Gasteiger partial charge in [0.1, 0.15) is 5.82 Å². The van der Waals surface area contributed by atoms with Crippen LogP contribution in [0.2, 0.25) is 0 Å². The van der Waals surface area contributed by atoms with Gasteiger partial charge < -0.3 is 25.2 Å². The Morgan fingerprint density at radius 1 is 1.12 bits per heavy atom. The Labute approximate surface area is 171 Å². The molecule has 2 aliphatic heterocycles. The number of aliphatic imine (C=N–C) groups is 1. The quantitative estimate of drug-likeness (QED) is 0.386. The third-order valence-electron chi connectivity index (χ3n) is 4.54. The second-order valence-corrected chi connectivity index (χ2v) is 6.15. The number of aromatic nitrogens is 1. The number of ether oxygens (including phenoxy) is 1. The normalized spacial score (nSPS) is 18.5. The molecule has 0 unspecified atom stereocenters. The Kier molecular flexibility index (Phi) is 8.36. The van der Waals surface area contributed by atoms with Crippen LogP contribution in [0.1, 0.15) is 6.42 Å². The van der Waals surface area contributed by atoms with E-state index >= 15 is 0 Å². The topological polar surface area (TPSA) is 87.3 Å². The van der Waals surface area contributed by atoms with Gasteiger partial charge in [-0.05, 0) is 12.1 Å². The van der Waals surface area contributed by atoms with Gasteiger partial charge in [-0.25, -0.2) is 4.98 Å². The summed E-state index contributed by atoms with van der Waals surface area (Å²) < 4.78 is 5.29. The van der Waals surface area contributed by atoms with Crippen LogP contribution in [0.3, 0.4) is 0 Å². The van der Waals surface area contributed by atoms with Gasteiger partial charge in [0.25, 0.3) is 0 Å². The molecule has 1 aromatic rings. The van der Waals surface area contributed by atoms with Gasteiger partial charge in [0.05, 0.1) is 19.8 Å². The lowest BCUT2D eigenvalue weighted by Gasteiger charge is -2.35. The van der Waals surface area contributed by atoms with Crippen LogP contribution in [0.15, 0.2) is 29.4 Å². The number of carbonyl (C=O) groups excluding carboxylic acids is 1. The van der Waals surface area contributed by atoms with Crippen molar-refractivity contribution in [2.75, 3.05) is 63.9 Å².